The van der Waals surface area contributed by atoms with E-state index in [0.29, 0.717) is 22.3 Å². The van der Waals surface area contributed by atoms with Crippen LogP contribution in [0.3, 0.4) is 0 Å². The molecule has 0 fully saturated rings. The maximum atomic E-state index is 12.4. The van der Waals surface area contributed by atoms with Gasteiger partial charge in [0.1, 0.15) is 23.0 Å². The van der Waals surface area contributed by atoms with Crippen LogP contribution in [0, 0.1) is 13.8 Å². The van der Waals surface area contributed by atoms with Gasteiger partial charge in [-0.25, -0.2) is 0 Å². The second kappa shape index (κ2) is 20.6. The number of benzene rings is 6. The first-order valence-electron chi connectivity index (χ1n) is 19.8. The van der Waals surface area contributed by atoms with Crippen molar-refractivity contribution < 1.29 is 120 Å². The Labute approximate surface area is 413 Å². The fraction of sp³-hybridized carbons (Fsp3) is 0.250. The van der Waals surface area contributed by atoms with Crippen LogP contribution in [0.25, 0.3) is 32.7 Å². The molecule has 0 saturated carbocycles. The summed E-state index contributed by atoms with van der Waals surface area (Å²) in [5.41, 5.74) is 1.90. The molecule has 64 heavy (non-hydrogen) atoms. The smallest absolute Gasteiger partial charge is 0.548 e. The summed E-state index contributed by atoms with van der Waals surface area (Å²) in [4.78, 5) is 33.0. The van der Waals surface area contributed by atoms with Crippen molar-refractivity contribution in [1.82, 2.24) is 0 Å². The summed E-state index contributed by atoms with van der Waals surface area (Å²) in [7, 11) is 0. The zero-order valence-electron chi connectivity index (χ0n) is 36.8. The van der Waals surface area contributed by atoms with Gasteiger partial charge in [0, 0.05) is 69.4 Å². The first kappa shape index (κ1) is 51.2. The molecule has 8 N–H and O–H groups in total. The molecular weight excluding hydrogens is 843 g/mol. The van der Waals surface area contributed by atoms with Crippen molar-refractivity contribution >= 4 is 45.9 Å². The van der Waals surface area contributed by atoms with Gasteiger partial charge in [-0.15, -0.1) is 0 Å². The summed E-state index contributed by atoms with van der Waals surface area (Å²) in [5.74, 6) is -7.42. The van der Waals surface area contributed by atoms with Gasteiger partial charge in [-0.3, -0.25) is 9.98 Å². The van der Waals surface area contributed by atoms with E-state index < -0.39 is 70.4 Å². The van der Waals surface area contributed by atoms with Crippen molar-refractivity contribution in [3.63, 3.8) is 0 Å². The summed E-state index contributed by atoms with van der Waals surface area (Å²) < 4.78 is 0. The molecule has 0 aliphatic rings. The molecule has 6 rings (SSSR count). The predicted octanol–water partition coefficient (Wildman–Crippen LogP) is -0.263. The van der Waals surface area contributed by atoms with E-state index in [9.17, 15) is 60.7 Å². The van der Waals surface area contributed by atoms with E-state index in [-0.39, 0.29) is 138 Å². The zero-order chi connectivity index (χ0) is 45.5. The molecule has 6 aromatic carbocycles. The summed E-state index contributed by atoms with van der Waals surface area (Å²) in [5, 5.41) is 115. The average molecular weight is 889 g/mol. The third-order valence-electron chi connectivity index (χ3n) is 11.0. The second-order valence-electron chi connectivity index (χ2n) is 16.0. The molecule has 0 amide bonds. The molecule has 0 aliphatic carbocycles. The molecule has 0 aromatic heterocycles. The van der Waals surface area contributed by atoms with Gasteiger partial charge in [0.25, 0.3) is 0 Å². The van der Waals surface area contributed by atoms with Crippen LogP contribution in [0.1, 0.15) is 84.0 Å². The Morgan fingerprint density at radius 3 is 1.12 bits per heavy atom. The first-order chi connectivity index (χ1) is 29.2. The second-order valence-corrected chi connectivity index (χ2v) is 16.0. The molecule has 14 nitrogen and oxygen atoms in total. The fourth-order valence-electron chi connectivity index (χ4n) is 8.06. The first-order valence-corrected chi connectivity index (χ1v) is 19.8. The standard InChI is InChI=1S/C48H48N2O12.2Na/c1-21(2)35-29-15-23(5)37(43(55)39(29)31(41(53)45(35)57)19-49-33(47(59)60)17-25-7-11-27(51)12-8-25)38-24(6)16-30-36(22(3)4)46(58)42(54)32(40(30)44(38)56)20-50-34(48(61)62)18-26-9-13-28(52)14-10-26;;/h7-16,19-22,33-34,51-58H,17-18H2,1-6H3,(H,59,60)(H,61,62);;/q;2*+1/p-2/t33-,34-;;/m0../s1. The van der Waals surface area contributed by atoms with Crippen LogP contribution in [-0.2, 0) is 22.4 Å². The van der Waals surface area contributed by atoms with Crippen LogP contribution < -0.4 is 69.3 Å². The van der Waals surface area contributed by atoms with Gasteiger partial charge in [-0.05, 0) is 83.0 Å². The predicted molar refractivity (Wildman–Crippen MR) is 231 cm³/mol. The molecule has 0 heterocycles. The number of aromatic hydroxyl groups is 8. The SMILES string of the molecule is Cc1cc2c(C(C)C)c(O)c(O)c(C=N[C@@H](Cc3ccc(O)cc3)C(=O)[O-])c2c(O)c1-c1c(C)cc2c(C(C)C)c(O)c(O)c(C=N[C@@H](Cc3ccc(O)cc3)C(=O)[O-])c2c1O.[Na+].[Na+]. The van der Waals surface area contributed by atoms with E-state index >= 15 is 0 Å². The monoisotopic (exact) mass is 888 g/mol. The van der Waals surface area contributed by atoms with Crippen LogP contribution in [0.2, 0.25) is 0 Å². The van der Waals surface area contributed by atoms with E-state index in [4.69, 9.17) is 0 Å². The third-order valence-corrected chi connectivity index (χ3v) is 11.0. The molecule has 16 heteroatoms. The van der Waals surface area contributed by atoms with Gasteiger partial charge in [0.15, 0.2) is 23.0 Å². The average Bonchev–Trinajstić information content (AvgIpc) is 3.19. The number of aliphatic imine (C=N–C) groups is 2. The number of carbonyl (C=O) groups is 2. The zero-order valence-corrected chi connectivity index (χ0v) is 40.8. The molecule has 0 radical (unpaired) electrons. The number of carbonyl (C=O) groups excluding carboxylic acids is 2. The number of fused-ring (bicyclic) bond motifs is 2. The van der Waals surface area contributed by atoms with Crippen molar-refractivity contribution in [2.24, 2.45) is 9.98 Å². The van der Waals surface area contributed by atoms with Crippen molar-refractivity contribution in [2.75, 3.05) is 0 Å². The van der Waals surface area contributed by atoms with E-state index in [0.717, 1.165) is 12.4 Å². The molecule has 0 unspecified atom stereocenters. The molecule has 6 aromatic rings. The number of phenols is 8. The Bertz CT molecular complexity index is 2630. The number of aryl methyl sites for hydroxylation is 2. The minimum atomic E-state index is -1.56. The fourth-order valence-corrected chi connectivity index (χ4v) is 8.06. The molecule has 0 bridgehead atoms. The Balaban J connectivity index is 0.00000449. The van der Waals surface area contributed by atoms with Gasteiger partial charge in [-0.1, -0.05) is 64.1 Å². The van der Waals surface area contributed by atoms with E-state index in [1.165, 1.54) is 48.5 Å². The molecule has 2 atom stereocenters. The van der Waals surface area contributed by atoms with Crippen LogP contribution in [0.5, 0.6) is 46.0 Å². The Kier molecular flexibility index (Phi) is 16.4. The number of hydrogen-bond donors (Lipinski definition) is 8. The molecule has 0 spiro atoms. The van der Waals surface area contributed by atoms with Crippen molar-refractivity contribution in [3.8, 4) is 57.1 Å². The maximum absolute atomic E-state index is 12.4. The number of phenolic OH excluding ortho intramolecular Hbond substituents is 8. The number of aliphatic carboxylic acids is 2. The van der Waals surface area contributed by atoms with E-state index in [1.54, 1.807) is 53.7 Å². The van der Waals surface area contributed by atoms with E-state index in [2.05, 4.69) is 9.98 Å². The molecule has 322 valence electrons. The topological polar surface area (TPSA) is 267 Å². The van der Waals surface area contributed by atoms with Gasteiger partial charge in [-0.2, -0.15) is 0 Å². The van der Waals surface area contributed by atoms with Gasteiger partial charge < -0.3 is 60.7 Å². The molecular formula is C48H46N2Na2O12. The third kappa shape index (κ3) is 9.92. The molecule has 0 saturated heterocycles. The largest absolute Gasteiger partial charge is 1.00 e. The van der Waals surface area contributed by atoms with Crippen LogP contribution in [0.15, 0.2) is 70.6 Å². The minimum absolute atomic E-state index is 0. The number of nitrogens with zero attached hydrogens (tertiary/aromatic N) is 2. The maximum Gasteiger partial charge on any atom is 1.00 e. The Hall–Kier alpha value is -5.48. The summed E-state index contributed by atoms with van der Waals surface area (Å²) in [6.45, 7) is 10.3. The van der Waals surface area contributed by atoms with Gasteiger partial charge >= 0.3 is 59.1 Å². The number of carboxylic acids is 2. The molecule has 0 aliphatic heterocycles. The van der Waals surface area contributed by atoms with Gasteiger partial charge in [0.05, 0.1) is 24.0 Å². The minimum Gasteiger partial charge on any atom is -0.548 e. The van der Waals surface area contributed by atoms with Crippen molar-refractivity contribution in [3.05, 3.63) is 105 Å². The quantitative estimate of drug-likeness (QED) is 0.0424. The normalized spacial score (nSPS) is 12.6. The summed E-state index contributed by atoms with van der Waals surface area (Å²) in [6.07, 6.45) is 1.71. The Morgan fingerprint density at radius 2 is 0.844 bits per heavy atom. The van der Waals surface area contributed by atoms with Crippen LogP contribution in [0.4, 0.5) is 0 Å². The summed E-state index contributed by atoms with van der Waals surface area (Å²) >= 11 is 0. The number of carboxylic acid groups (broad SMARTS) is 2. The number of rotatable bonds is 13. The van der Waals surface area contributed by atoms with E-state index in [1.807, 2.05) is 0 Å². The van der Waals surface area contributed by atoms with Gasteiger partial charge in [0.2, 0.25) is 0 Å². The van der Waals surface area contributed by atoms with Crippen molar-refractivity contribution in [2.45, 2.75) is 78.3 Å². The Morgan fingerprint density at radius 1 is 0.531 bits per heavy atom. The van der Waals surface area contributed by atoms with Crippen LogP contribution >= 0.6 is 0 Å². The number of hydrogen-bond acceptors (Lipinski definition) is 14. The van der Waals surface area contributed by atoms with Crippen molar-refractivity contribution in [1.29, 1.82) is 0 Å². The summed E-state index contributed by atoms with van der Waals surface area (Å²) in [6, 6.07) is 11.8. The van der Waals surface area contributed by atoms with Crippen LogP contribution in [-0.4, -0.2) is 77.3 Å².